The van der Waals surface area contributed by atoms with Gasteiger partial charge in [-0.25, -0.2) is 4.98 Å². The quantitative estimate of drug-likeness (QED) is 0.895. The second kappa shape index (κ2) is 7.14. The zero-order valence-electron chi connectivity index (χ0n) is 12.7. The Morgan fingerprint density at radius 3 is 3.09 bits per heavy atom. The molecule has 5 nitrogen and oxygen atoms in total. The van der Waals surface area contributed by atoms with Crippen molar-refractivity contribution in [1.82, 2.24) is 10.3 Å². The molecule has 1 fully saturated rings. The number of nitrogens with one attached hydrogen (secondary N) is 2. The van der Waals surface area contributed by atoms with Crippen LogP contribution >= 0.6 is 23.1 Å². The molecule has 2 aromatic rings. The smallest absolute Gasteiger partial charge is 0.247 e. The summed E-state index contributed by atoms with van der Waals surface area (Å²) in [5, 5.41) is 8.66. The number of benzene rings is 1. The van der Waals surface area contributed by atoms with E-state index < -0.39 is 6.04 Å². The van der Waals surface area contributed by atoms with Gasteiger partial charge in [-0.1, -0.05) is 12.1 Å². The first-order valence-corrected chi connectivity index (χ1v) is 9.36. The molecule has 0 spiro atoms. The van der Waals surface area contributed by atoms with Crippen molar-refractivity contribution in [2.45, 2.75) is 19.4 Å². The van der Waals surface area contributed by atoms with Crippen molar-refractivity contribution in [3.63, 3.8) is 0 Å². The van der Waals surface area contributed by atoms with Gasteiger partial charge in [0.2, 0.25) is 11.8 Å². The van der Waals surface area contributed by atoms with Crippen LogP contribution in [0.5, 0.6) is 0 Å². The molecule has 2 amide bonds. The number of thioether (sulfide) groups is 1. The van der Waals surface area contributed by atoms with Crippen molar-refractivity contribution in [3.8, 4) is 11.3 Å². The second-order valence-electron chi connectivity index (χ2n) is 5.27. The molecule has 0 bridgehead atoms. The number of amides is 2. The van der Waals surface area contributed by atoms with E-state index in [0.29, 0.717) is 17.9 Å². The highest BCUT2D eigenvalue weighted by Gasteiger charge is 2.23. The molecule has 1 aliphatic heterocycles. The van der Waals surface area contributed by atoms with Crippen LogP contribution in [0.3, 0.4) is 0 Å². The number of hydrogen-bond acceptors (Lipinski definition) is 5. The molecule has 1 atom stereocenters. The summed E-state index contributed by atoms with van der Waals surface area (Å²) in [6, 6.07) is 7.11. The Kier molecular flexibility index (Phi) is 4.97. The SMILES string of the molecule is Cc1nc(-c2cccc(NC(=O)[C@H]3CSCCC(=O)N3)c2)cs1. The van der Waals surface area contributed by atoms with E-state index in [1.165, 1.54) is 0 Å². The molecule has 1 aliphatic rings. The predicted octanol–water partition coefficient (Wildman–Crippen LogP) is 2.68. The van der Waals surface area contributed by atoms with Crippen LogP contribution in [-0.4, -0.2) is 34.3 Å². The van der Waals surface area contributed by atoms with E-state index in [9.17, 15) is 9.59 Å². The van der Waals surface area contributed by atoms with Crippen LogP contribution in [0, 0.1) is 6.92 Å². The van der Waals surface area contributed by atoms with Crippen molar-refractivity contribution in [1.29, 1.82) is 0 Å². The van der Waals surface area contributed by atoms with Crippen molar-refractivity contribution < 1.29 is 9.59 Å². The van der Waals surface area contributed by atoms with E-state index in [0.717, 1.165) is 22.0 Å². The van der Waals surface area contributed by atoms with Gasteiger partial charge in [-0.15, -0.1) is 11.3 Å². The molecule has 3 rings (SSSR count). The summed E-state index contributed by atoms with van der Waals surface area (Å²) in [6.45, 7) is 1.96. The minimum atomic E-state index is -0.486. The Labute approximate surface area is 142 Å². The Hall–Kier alpha value is -1.86. The number of thiazole rings is 1. The Morgan fingerprint density at radius 2 is 2.30 bits per heavy atom. The van der Waals surface area contributed by atoms with E-state index in [2.05, 4.69) is 15.6 Å². The fraction of sp³-hybridized carbons (Fsp3) is 0.312. The number of carbonyl (C=O) groups is 2. The van der Waals surface area contributed by atoms with Gasteiger partial charge in [0, 0.05) is 34.6 Å². The molecule has 1 aromatic carbocycles. The lowest BCUT2D eigenvalue weighted by Gasteiger charge is -2.15. The van der Waals surface area contributed by atoms with Crippen LogP contribution < -0.4 is 10.6 Å². The minimum absolute atomic E-state index is 0.0677. The van der Waals surface area contributed by atoms with Gasteiger partial charge in [0.1, 0.15) is 6.04 Å². The largest absolute Gasteiger partial charge is 0.343 e. The Bertz CT molecular complexity index is 730. The molecule has 120 valence electrons. The highest BCUT2D eigenvalue weighted by molar-refractivity contribution is 7.99. The van der Waals surface area contributed by atoms with Gasteiger partial charge >= 0.3 is 0 Å². The highest BCUT2D eigenvalue weighted by Crippen LogP contribution is 2.24. The highest BCUT2D eigenvalue weighted by atomic mass is 32.2. The first kappa shape index (κ1) is 16.0. The van der Waals surface area contributed by atoms with Crippen molar-refractivity contribution >= 4 is 40.6 Å². The average Bonchev–Trinajstić information content (AvgIpc) is 2.84. The maximum Gasteiger partial charge on any atom is 0.247 e. The van der Waals surface area contributed by atoms with Crippen LogP contribution in [0.4, 0.5) is 5.69 Å². The molecule has 0 radical (unpaired) electrons. The number of hydrogen-bond donors (Lipinski definition) is 2. The van der Waals surface area contributed by atoms with Gasteiger partial charge < -0.3 is 10.6 Å². The predicted molar refractivity (Wildman–Crippen MR) is 94.8 cm³/mol. The average molecular weight is 347 g/mol. The maximum absolute atomic E-state index is 12.4. The third kappa shape index (κ3) is 4.11. The Balaban J connectivity index is 1.72. The van der Waals surface area contributed by atoms with Crippen LogP contribution in [0.15, 0.2) is 29.6 Å². The molecule has 1 saturated heterocycles. The van der Waals surface area contributed by atoms with Crippen LogP contribution in [0.2, 0.25) is 0 Å². The summed E-state index contributed by atoms with van der Waals surface area (Å²) in [6.07, 6.45) is 0.465. The maximum atomic E-state index is 12.4. The lowest BCUT2D eigenvalue weighted by Crippen LogP contribution is -2.44. The fourth-order valence-corrected chi connectivity index (χ4v) is 3.89. The van der Waals surface area contributed by atoms with Gasteiger partial charge in [0.15, 0.2) is 0 Å². The summed E-state index contributed by atoms with van der Waals surface area (Å²) in [5.41, 5.74) is 2.58. The molecule has 2 N–H and O–H groups in total. The lowest BCUT2D eigenvalue weighted by atomic mass is 10.1. The van der Waals surface area contributed by atoms with Crippen LogP contribution in [0.25, 0.3) is 11.3 Å². The third-order valence-electron chi connectivity index (χ3n) is 3.45. The zero-order chi connectivity index (χ0) is 16.2. The van der Waals surface area contributed by atoms with E-state index in [4.69, 9.17) is 0 Å². The molecule has 2 heterocycles. The summed E-state index contributed by atoms with van der Waals surface area (Å²) >= 11 is 3.21. The fourth-order valence-electron chi connectivity index (χ4n) is 2.30. The summed E-state index contributed by atoms with van der Waals surface area (Å²) in [5.74, 6) is 1.11. The number of carbonyl (C=O) groups excluding carboxylic acids is 2. The van der Waals surface area contributed by atoms with E-state index >= 15 is 0 Å². The normalized spacial score (nSPS) is 18.1. The van der Waals surface area contributed by atoms with Crippen molar-refractivity contribution in [3.05, 3.63) is 34.7 Å². The van der Waals surface area contributed by atoms with Crippen molar-refractivity contribution in [2.75, 3.05) is 16.8 Å². The van der Waals surface area contributed by atoms with Crippen molar-refractivity contribution in [2.24, 2.45) is 0 Å². The molecular formula is C16H17N3O2S2. The first-order valence-electron chi connectivity index (χ1n) is 7.32. The first-order chi connectivity index (χ1) is 11.1. The molecular weight excluding hydrogens is 330 g/mol. The molecule has 0 saturated carbocycles. The molecule has 7 heteroatoms. The van der Waals surface area contributed by atoms with E-state index in [-0.39, 0.29) is 11.8 Å². The lowest BCUT2D eigenvalue weighted by molar-refractivity contribution is -0.125. The summed E-state index contributed by atoms with van der Waals surface area (Å²) < 4.78 is 0. The van der Waals surface area contributed by atoms with E-state index in [1.54, 1.807) is 23.1 Å². The molecule has 1 aromatic heterocycles. The minimum Gasteiger partial charge on any atom is -0.343 e. The molecule has 23 heavy (non-hydrogen) atoms. The third-order valence-corrected chi connectivity index (χ3v) is 5.29. The zero-order valence-corrected chi connectivity index (χ0v) is 14.3. The van der Waals surface area contributed by atoms with Gasteiger partial charge in [-0.2, -0.15) is 11.8 Å². The van der Waals surface area contributed by atoms with E-state index in [1.807, 2.05) is 36.6 Å². The van der Waals surface area contributed by atoms with Gasteiger partial charge in [0.25, 0.3) is 0 Å². The number of anilines is 1. The van der Waals surface area contributed by atoms with Crippen LogP contribution in [-0.2, 0) is 9.59 Å². The summed E-state index contributed by atoms with van der Waals surface area (Å²) in [7, 11) is 0. The number of aromatic nitrogens is 1. The number of aryl methyl sites for hydroxylation is 1. The van der Waals surface area contributed by atoms with Gasteiger partial charge in [0.05, 0.1) is 10.7 Å². The topological polar surface area (TPSA) is 71.1 Å². The Morgan fingerprint density at radius 1 is 1.43 bits per heavy atom. The van der Waals surface area contributed by atoms with Gasteiger partial charge in [-0.3, -0.25) is 9.59 Å². The van der Waals surface area contributed by atoms with Crippen LogP contribution in [0.1, 0.15) is 11.4 Å². The summed E-state index contributed by atoms with van der Waals surface area (Å²) in [4.78, 5) is 28.4. The standard InChI is InChI=1S/C16H17N3O2S2/c1-10-17-13(9-23-10)11-3-2-4-12(7-11)18-16(21)14-8-22-6-5-15(20)19-14/h2-4,7,9,14H,5-6,8H2,1H3,(H,18,21)(H,19,20)/t14-/m1/s1. The van der Waals surface area contributed by atoms with Gasteiger partial charge in [-0.05, 0) is 19.1 Å². The molecule has 0 unspecified atom stereocenters. The second-order valence-corrected chi connectivity index (χ2v) is 7.48. The number of nitrogens with zero attached hydrogens (tertiary/aromatic N) is 1. The molecule has 0 aliphatic carbocycles. The number of rotatable bonds is 3. The monoisotopic (exact) mass is 347 g/mol.